The van der Waals surface area contributed by atoms with E-state index in [4.69, 9.17) is 32.7 Å². The number of benzene rings is 2. The van der Waals surface area contributed by atoms with Crippen molar-refractivity contribution in [2.75, 3.05) is 11.5 Å². The van der Waals surface area contributed by atoms with Crippen molar-refractivity contribution < 1.29 is 19.1 Å². The van der Waals surface area contributed by atoms with Crippen LogP contribution in [0.2, 0.25) is 10.0 Å². The van der Waals surface area contributed by atoms with E-state index in [1.807, 2.05) is 0 Å². The molecule has 0 saturated heterocycles. The third kappa shape index (κ3) is 4.85. The minimum Gasteiger partial charge on any atom is -0.491 e. The molecule has 0 N–H and O–H groups in total. The zero-order valence-electron chi connectivity index (χ0n) is 18.4. The lowest BCUT2D eigenvalue weighted by molar-refractivity contribution is -0.112. The summed E-state index contributed by atoms with van der Waals surface area (Å²) in [5.74, 6) is -0.0458. The highest BCUT2D eigenvalue weighted by Crippen LogP contribution is 2.46. The van der Waals surface area contributed by atoms with Gasteiger partial charge in [0.1, 0.15) is 18.0 Å². The van der Waals surface area contributed by atoms with E-state index in [1.54, 1.807) is 63.2 Å². The van der Waals surface area contributed by atoms with Gasteiger partial charge in [-0.25, -0.2) is 9.69 Å². The van der Waals surface area contributed by atoms with Crippen LogP contribution in [0.3, 0.4) is 0 Å². The zero-order valence-corrected chi connectivity index (χ0v) is 20.0. The highest BCUT2D eigenvalue weighted by atomic mass is 35.5. The van der Waals surface area contributed by atoms with Crippen LogP contribution in [-0.4, -0.2) is 24.2 Å². The third-order valence-corrected chi connectivity index (χ3v) is 5.84. The van der Waals surface area contributed by atoms with Gasteiger partial charge in [-0.2, -0.15) is 5.26 Å². The number of rotatable bonds is 4. The van der Waals surface area contributed by atoms with E-state index in [-0.39, 0.29) is 12.2 Å². The van der Waals surface area contributed by atoms with E-state index in [2.05, 4.69) is 6.07 Å². The summed E-state index contributed by atoms with van der Waals surface area (Å²) >= 11 is 12.4. The number of hydrogen-bond donors (Lipinski definition) is 0. The van der Waals surface area contributed by atoms with Gasteiger partial charge in [-0.1, -0.05) is 29.3 Å². The van der Waals surface area contributed by atoms with Gasteiger partial charge in [0.2, 0.25) is 0 Å². The summed E-state index contributed by atoms with van der Waals surface area (Å²) in [6.07, 6.45) is 2.44. The van der Waals surface area contributed by atoms with Crippen LogP contribution in [0.1, 0.15) is 44.7 Å². The van der Waals surface area contributed by atoms with Gasteiger partial charge in [-0.15, -0.1) is 0 Å². The van der Waals surface area contributed by atoms with E-state index in [0.717, 1.165) is 17.7 Å². The Labute approximate surface area is 202 Å². The fourth-order valence-corrected chi connectivity index (χ4v) is 3.81. The van der Waals surface area contributed by atoms with Crippen LogP contribution in [0.15, 0.2) is 36.4 Å². The number of fused-ring (bicyclic) bond motifs is 1. The molecule has 1 aliphatic heterocycles. The number of imide groups is 1. The topological polar surface area (TPSA) is 79.6 Å². The van der Waals surface area contributed by atoms with Crippen molar-refractivity contribution in [1.29, 1.82) is 5.26 Å². The van der Waals surface area contributed by atoms with Crippen LogP contribution >= 0.6 is 23.2 Å². The van der Waals surface area contributed by atoms with Crippen LogP contribution in [-0.2, 0) is 9.53 Å². The summed E-state index contributed by atoms with van der Waals surface area (Å²) in [5.41, 5.74) is 0.489. The van der Waals surface area contributed by atoms with Gasteiger partial charge in [0.25, 0.3) is 5.91 Å². The molecule has 6 nitrogen and oxygen atoms in total. The molecule has 0 bridgehead atoms. The third-order valence-electron chi connectivity index (χ3n) is 5.37. The number of anilines is 1. The second-order valence-electron chi connectivity index (χ2n) is 9.20. The smallest absolute Gasteiger partial charge is 0.422 e. The molecule has 1 saturated carbocycles. The van der Waals surface area contributed by atoms with Crippen molar-refractivity contribution in [1.82, 2.24) is 0 Å². The van der Waals surface area contributed by atoms with Crippen molar-refractivity contribution in [2.45, 2.75) is 39.2 Å². The summed E-state index contributed by atoms with van der Waals surface area (Å²) in [6.45, 7) is 5.44. The van der Waals surface area contributed by atoms with E-state index in [9.17, 15) is 14.9 Å². The molecule has 2 aromatic carbocycles. The van der Waals surface area contributed by atoms with Gasteiger partial charge in [0, 0.05) is 21.2 Å². The van der Waals surface area contributed by atoms with Gasteiger partial charge in [0.05, 0.1) is 22.7 Å². The molecule has 0 spiro atoms. The highest BCUT2D eigenvalue weighted by molar-refractivity contribution is 6.42. The summed E-state index contributed by atoms with van der Waals surface area (Å²) in [4.78, 5) is 27.2. The Bertz CT molecular complexity index is 1220. The number of carbonyl (C=O) groups is 2. The molecule has 0 aromatic heterocycles. The second kappa shape index (κ2) is 8.40. The summed E-state index contributed by atoms with van der Waals surface area (Å²) < 4.78 is 11.4. The SMILES string of the molecule is CC(C)(C)OC(=O)N1C(=O)C(=Cc2cc(Cl)ccc2OCC2(C#N)CC2)c2ccc(Cl)cc21. The van der Waals surface area contributed by atoms with Crippen LogP contribution < -0.4 is 9.64 Å². The second-order valence-corrected chi connectivity index (χ2v) is 10.1. The molecule has 0 atom stereocenters. The first-order valence-electron chi connectivity index (χ1n) is 10.4. The number of nitrogens with zero attached hydrogens (tertiary/aromatic N) is 2. The molecule has 170 valence electrons. The van der Waals surface area contributed by atoms with Gasteiger partial charge in [-0.3, -0.25) is 4.79 Å². The fourth-order valence-electron chi connectivity index (χ4n) is 3.47. The Hall–Kier alpha value is -3.01. The molecule has 1 heterocycles. The van der Waals surface area contributed by atoms with Gasteiger partial charge < -0.3 is 9.47 Å². The standard InChI is InChI=1S/C25H22Cl2N2O4/c1-24(2,3)33-23(31)29-20-12-17(27)4-6-18(20)19(22(29)30)11-15-10-16(26)5-7-21(15)32-14-25(13-28)8-9-25/h4-7,10-12H,8-9,14H2,1-3H3. The summed E-state index contributed by atoms with van der Waals surface area (Å²) in [6, 6.07) is 12.3. The van der Waals surface area contributed by atoms with E-state index in [0.29, 0.717) is 32.6 Å². The lowest BCUT2D eigenvalue weighted by atomic mass is 10.0. The summed E-state index contributed by atoms with van der Waals surface area (Å²) in [7, 11) is 0. The average Bonchev–Trinajstić information content (AvgIpc) is 3.46. The van der Waals surface area contributed by atoms with E-state index < -0.39 is 23.0 Å². The molecule has 2 amide bonds. The molecule has 33 heavy (non-hydrogen) atoms. The maximum absolute atomic E-state index is 13.4. The van der Waals surface area contributed by atoms with Gasteiger partial charge in [-0.05, 0) is 70.0 Å². The van der Waals surface area contributed by atoms with Crippen LogP contribution in [0, 0.1) is 16.7 Å². The Morgan fingerprint density at radius 3 is 2.48 bits per heavy atom. The molecule has 1 fully saturated rings. The molecular formula is C25H22Cl2N2O4. The first kappa shape index (κ1) is 23.2. The Morgan fingerprint density at radius 2 is 1.85 bits per heavy atom. The fraction of sp³-hybridized carbons (Fsp3) is 0.320. The van der Waals surface area contributed by atoms with E-state index in [1.165, 1.54) is 0 Å². The van der Waals surface area contributed by atoms with Crippen molar-refractivity contribution in [3.8, 4) is 11.8 Å². The minimum absolute atomic E-state index is 0.255. The Balaban J connectivity index is 1.74. The monoisotopic (exact) mass is 484 g/mol. The maximum atomic E-state index is 13.4. The Morgan fingerprint density at radius 1 is 1.18 bits per heavy atom. The Kier molecular flexibility index (Phi) is 5.90. The van der Waals surface area contributed by atoms with Crippen molar-refractivity contribution in [3.05, 3.63) is 57.6 Å². The predicted molar refractivity (Wildman–Crippen MR) is 127 cm³/mol. The molecule has 1 aliphatic carbocycles. The molecule has 4 rings (SSSR count). The largest absolute Gasteiger partial charge is 0.491 e. The molecule has 0 unspecified atom stereocenters. The normalized spacial score (nSPS) is 17.5. The first-order chi connectivity index (χ1) is 15.5. The number of ether oxygens (including phenoxy) is 2. The maximum Gasteiger partial charge on any atom is 0.422 e. The predicted octanol–water partition coefficient (Wildman–Crippen LogP) is 6.50. The lowest BCUT2D eigenvalue weighted by Gasteiger charge is -2.23. The van der Waals surface area contributed by atoms with Crippen molar-refractivity contribution in [3.63, 3.8) is 0 Å². The average molecular weight is 485 g/mol. The van der Waals surface area contributed by atoms with E-state index >= 15 is 0 Å². The number of hydrogen-bond acceptors (Lipinski definition) is 5. The van der Waals surface area contributed by atoms with Gasteiger partial charge in [0.15, 0.2) is 0 Å². The van der Waals surface area contributed by atoms with Crippen LogP contribution in [0.5, 0.6) is 5.75 Å². The molecule has 8 heteroatoms. The number of nitriles is 1. The summed E-state index contributed by atoms with van der Waals surface area (Å²) in [5, 5.41) is 10.2. The first-order valence-corrected chi connectivity index (χ1v) is 11.2. The zero-order chi connectivity index (χ0) is 24.0. The molecule has 2 aliphatic rings. The van der Waals surface area contributed by atoms with Gasteiger partial charge >= 0.3 is 6.09 Å². The van der Waals surface area contributed by atoms with Crippen molar-refractivity contribution >= 4 is 52.5 Å². The molecule has 2 aromatic rings. The van der Waals surface area contributed by atoms with Crippen molar-refractivity contribution in [2.24, 2.45) is 5.41 Å². The quantitative estimate of drug-likeness (QED) is 0.462. The van der Waals surface area contributed by atoms with Crippen LogP contribution in [0.4, 0.5) is 10.5 Å². The molecular weight excluding hydrogens is 463 g/mol. The van der Waals surface area contributed by atoms with Crippen LogP contribution in [0.25, 0.3) is 11.6 Å². The highest BCUT2D eigenvalue weighted by Gasteiger charge is 2.44. The molecule has 0 radical (unpaired) electrons. The number of halogens is 2. The minimum atomic E-state index is -0.785. The lowest BCUT2D eigenvalue weighted by Crippen LogP contribution is -2.38. The number of carbonyl (C=O) groups excluding carboxylic acids is 2. The number of amides is 2.